The summed E-state index contributed by atoms with van der Waals surface area (Å²) >= 11 is 6.76. The zero-order valence-corrected chi connectivity index (χ0v) is 17.1. The molecule has 0 radical (unpaired) electrons. The molecule has 5 rings (SSSR count). The molecule has 0 aromatic heterocycles. The van der Waals surface area contributed by atoms with Gasteiger partial charge < -0.3 is 4.90 Å². The van der Waals surface area contributed by atoms with Gasteiger partial charge in [0, 0.05) is 32.7 Å². The van der Waals surface area contributed by atoms with E-state index in [1.807, 2.05) is 24.3 Å². The zero-order valence-electron chi connectivity index (χ0n) is 16.4. The number of anilines is 3. The smallest absolute Gasteiger partial charge is 0.0619 e. The molecule has 5 aromatic rings. The van der Waals surface area contributed by atoms with Gasteiger partial charge in [-0.2, -0.15) is 0 Å². The third kappa shape index (κ3) is 3.34. The van der Waals surface area contributed by atoms with Crippen LogP contribution in [0.3, 0.4) is 0 Å². The number of benzene rings is 5. The van der Waals surface area contributed by atoms with Crippen molar-refractivity contribution in [2.45, 2.75) is 0 Å². The van der Waals surface area contributed by atoms with Crippen molar-refractivity contribution in [1.82, 2.24) is 0 Å². The second kappa shape index (κ2) is 8.06. The second-order valence-corrected chi connectivity index (χ2v) is 7.58. The van der Waals surface area contributed by atoms with Crippen molar-refractivity contribution < 1.29 is 0 Å². The Kier molecular flexibility index (Phi) is 4.96. The van der Waals surface area contributed by atoms with Crippen LogP contribution in [0.4, 0.5) is 17.1 Å². The minimum atomic E-state index is 0.759. The lowest BCUT2D eigenvalue weighted by Gasteiger charge is -2.29. The molecule has 0 amide bonds. The lowest BCUT2D eigenvalue weighted by Crippen LogP contribution is -2.11. The average Bonchev–Trinajstić information content (AvgIpc) is 2.83. The van der Waals surface area contributed by atoms with Gasteiger partial charge in [0.05, 0.1) is 5.69 Å². The van der Waals surface area contributed by atoms with Crippen LogP contribution in [0.15, 0.2) is 121 Å². The SMILES string of the molecule is Clc1cc(-c2ccccc2)c(N(c2ccccc2)c2ccccc2)c2ccccc12. The number of halogens is 1. The fraction of sp³-hybridized carbons (Fsp3) is 0. The Morgan fingerprint density at radius 3 is 1.53 bits per heavy atom. The Morgan fingerprint density at radius 1 is 0.500 bits per heavy atom. The van der Waals surface area contributed by atoms with Crippen molar-refractivity contribution >= 4 is 39.4 Å². The van der Waals surface area contributed by atoms with E-state index in [9.17, 15) is 0 Å². The molecular weight excluding hydrogens is 386 g/mol. The molecule has 0 saturated heterocycles. The predicted molar refractivity (Wildman–Crippen MR) is 129 cm³/mol. The molecule has 5 aromatic carbocycles. The van der Waals surface area contributed by atoms with Gasteiger partial charge in [-0.3, -0.25) is 0 Å². The number of nitrogens with zero attached hydrogens (tertiary/aromatic N) is 1. The Bertz CT molecular complexity index is 1240. The van der Waals surface area contributed by atoms with Gasteiger partial charge in [0.1, 0.15) is 0 Å². The number of para-hydroxylation sites is 2. The molecule has 0 aliphatic heterocycles. The van der Waals surface area contributed by atoms with Gasteiger partial charge in [0.2, 0.25) is 0 Å². The standard InChI is InChI=1S/C28H20ClN/c29-27-20-26(21-12-4-1-5-13-21)28(25-19-11-10-18-24(25)27)30(22-14-6-2-7-15-22)23-16-8-3-9-17-23/h1-20H. The maximum atomic E-state index is 6.76. The van der Waals surface area contributed by atoms with Crippen LogP contribution in [-0.4, -0.2) is 0 Å². The van der Waals surface area contributed by atoms with Gasteiger partial charge in [-0.15, -0.1) is 0 Å². The molecule has 0 heterocycles. The van der Waals surface area contributed by atoms with E-state index in [2.05, 4.69) is 102 Å². The topological polar surface area (TPSA) is 3.24 Å². The highest BCUT2D eigenvalue weighted by Gasteiger charge is 2.21. The van der Waals surface area contributed by atoms with Crippen molar-refractivity contribution in [3.63, 3.8) is 0 Å². The first-order valence-corrected chi connectivity index (χ1v) is 10.4. The summed E-state index contributed by atoms with van der Waals surface area (Å²) in [6.07, 6.45) is 0. The summed E-state index contributed by atoms with van der Waals surface area (Å²) in [7, 11) is 0. The van der Waals surface area contributed by atoms with Crippen LogP contribution >= 0.6 is 11.6 Å². The van der Waals surface area contributed by atoms with Gasteiger partial charge in [0.25, 0.3) is 0 Å². The number of hydrogen-bond donors (Lipinski definition) is 0. The first kappa shape index (κ1) is 18.5. The van der Waals surface area contributed by atoms with E-state index < -0.39 is 0 Å². The summed E-state index contributed by atoms with van der Waals surface area (Å²) in [4.78, 5) is 2.32. The first-order chi connectivity index (χ1) is 14.8. The summed E-state index contributed by atoms with van der Waals surface area (Å²) in [5, 5.41) is 2.93. The van der Waals surface area contributed by atoms with E-state index in [0.29, 0.717) is 0 Å². The van der Waals surface area contributed by atoms with Gasteiger partial charge in [-0.25, -0.2) is 0 Å². The Labute approximate surface area is 181 Å². The third-order valence-corrected chi connectivity index (χ3v) is 5.62. The number of rotatable bonds is 4. The highest BCUT2D eigenvalue weighted by molar-refractivity contribution is 6.37. The third-order valence-electron chi connectivity index (χ3n) is 5.30. The van der Waals surface area contributed by atoms with Gasteiger partial charge in [-0.1, -0.05) is 103 Å². The summed E-state index contributed by atoms with van der Waals surface area (Å²) in [5.74, 6) is 0. The van der Waals surface area contributed by atoms with E-state index in [1.165, 1.54) is 0 Å². The first-order valence-electron chi connectivity index (χ1n) is 10.00. The molecule has 2 heteroatoms. The molecule has 0 aliphatic rings. The lowest BCUT2D eigenvalue weighted by molar-refractivity contribution is 1.30. The number of fused-ring (bicyclic) bond motifs is 1. The van der Waals surface area contributed by atoms with E-state index in [0.717, 1.165) is 44.0 Å². The van der Waals surface area contributed by atoms with Gasteiger partial charge in [0.15, 0.2) is 0 Å². The van der Waals surface area contributed by atoms with Crippen LogP contribution in [0.1, 0.15) is 0 Å². The van der Waals surface area contributed by atoms with Crippen LogP contribution in [0.2, 0.25) is 5.02 Å². The predicted octanol–water partition coefficient (Wildman–Crippen LogP) is 8.63. The van der Waals surface area contributed by atoms with Crippen molar-refractivity contribution in [3.05, 3.63) is 126 Å². The fourth-order valence-electron chi connectivity index (χ4n) is 3.96. The maximum absolute atomic E-state index is 6.76. The molecule has 144 valence electrons. The number of hydrogen-bond acceptors (Lipinski definition) is 1. The normalized spacial score (nSPS) is 10.8. The van der Waals surface area contributed by atoms with Crippen LogP contribution in [-0.2, 0) is 0 Å². The maximum Gasteiger partial charge on any atom is 0.0619 e. The zero-order chi connectivity index (χ0) is 20.3. The van der Waals surface area contributed by atoms with Crippen molar-refractivity contribution in [1.29, 1.82) is 0 Å². The largest absolute Gasteiger partial charge is 0.309 e. The second-order valence-electron chi connectivity index (χ2n) is 7.17. The summed E-state index contributed by atoms with van der Waals surface area (Å²) in [5.41, 5.74) is 5.57. The molecular formula is C28H20ClN. The fourth-order valence-corrected chi connectivity index (χ4v) is 4.23. The molecule has 0 aliphatic carbocycles. The Morgan fingerprint density at radius 2 is 0.967 bits per heavy atom. The van der Waals surface area contributed by atoms with Crippen molar-refractivity contribution in [2.75, 3.05) is 4.90 Å². The van der Waals surface area contributed by atoms with E-state index in [-0.39, 0.29) is 0 Å². The van der Waals surface area contributed by atoms with Gasteiger partial charge in [-0.05, 0) is 35.9 Å². The molecule has 0 N–H and O–H groups in total. The molecule has 0 spiro atoms. The minimum Gasteiger partial charge on any atom is -0.309 e. The summed E-state index contributed by atoms with van der Waals surface area (Å²) < 4.78 is 0. The quantitative estimate of drug-likeness (QED) is 0.289. The molecule has 30 heavy (non-hydrogen) atoms. The lowest BCUT2D eigenvalue weighted by atomic mass is 9.96. The van der Waals surface area contributed by atoms with Crippen LogP contribution in [0, 0.1) is 0 Å². The molecule has 0 saturated carbocycles. The summed E-state index contributed by atoms with van der Waals surface area (Å²) in [6, 6.07) is 41.9. The van der Waals surface area contributed by atoms with E-state index in [4.69, 9.17) is 11.6 Å². The van der Waals surface area contributed by atoms with Crippen molar-refractivity contribution in [3.8, 4) is 11.1 Å². The Balaban J connectivity index is 1.90. The summed E-state index contributed by atoms with van der Waals surface area (Å²) in [6.45, 7) is 0. The Hall–Kier alpha value is -3.55. The molecule has 0 bridgehead atoms. The molecule has 0 atom stereocenters. The average molecular weight is 406 g/mol. The van der Waals surface area contributed by atoms with Crippen LogP contribution in [0.5, 0.6) is 0 Å². The highest BCUT2D eigenvalue weighted by atomic mass is 35.5. The van der Waals surface area contributed by atoms with E-state index >= 15 is 0 Å². The monoisotopic (exact) mass is 405 g/mol. The minimum absolute atomic E-state index is 0.759. The van der Waals surface area contributed by atoms with Crippen LogP contribution < -0.4 is 4.90 Å². The molecule has 0 unspecified atom stereocenters. The molecule has 1 nitrogen and oxygen atoms in total. The van der Waals surface area contributed by atoms with Gasteiger partial charge >= 0.3 is 0 Å². The highest BCUT2D eigenvalue weighted by Crippen LogP contribution is 2.46. The van der Waals surface area contributed by atoms with Crippen molar-refractivity contribution in [2.24, 2.45) is 0 Å². The molecule has 0 fully saturated rings. The van der Waals surface area contributed by atoms with Crippen LogP contribution in [0.25, 0.3) is 21.9 Å². The van der Waals surface area contributed by atoms with E-state index in [1.54, 1.807) is 0 Å².